The number of fused-ring (bicyclic) bond motifs is 1. The molecule has 1 heterocycles. The minimum absolute atomic E-state index is 0.0355. The lowest BCUT2D eigenvalue weighted by atomic mass is 9.98. The quantitative estimate of drug-likeness (QED) is 0.889. The van der Waals surface area contributed by atoms with E-state index in [1.54, 1.807) is 11.0 Å². The van der Waals surface area contributed by atoms with Crippen molar-refractivity contribution in [1.29, 1.82) is 0 Å². The number of hydrogen-bond acceptors (Lipinski definition) is 2. The Morgan fingerprint density at radius 3 is 2.41 bits per heavy atom. The number of rotatable bonds is 3. The number of halogens is 1. The van der Waals surface area contributed by atoms with E-state index in [4.69, 9.17) is 0 Å². The van der Waals surface area contributed by atoms with Crippen molar-refractivity contribution in [3.8, 4) is 0 Å². The van der Waals surface area contributed by atoms with Gasteiger partial charge < -0.3 is 10.2 Å². The standard InChI is InChI=1S/C22H23FN2O2/c23-18-10-7-15(8-11-18)22(27)25-13-3-4-16-14-17(9-12-20(16)25)21(26)24-19-5-1-2-6-19/h7-12,14,19H,1-6,13H2,(H,24,26). The van der Waals surface area contributed by atoms with Crippen LogP contribution in [0.25, 0.3) is 0 Å². The van der Waals surface area contributed by atoms with Crippen molar-refractivity contribution in [2.24, 2.45) is 0 Å². The van der Waals surface area contributed by atoms with E-state index in [1.165, 1.54) is 37.1 Å². The zero-order chi connectivity index (χ0) is 18.8. The van der Waals surface area contributed by atoms with Crippen LogP contribution < -0.4 is 10.2 Å². The molecule has 1 fully saturated rings. The number of hydrogen-bond donors (Lipinski definition) is 1. The van der Waals surface area contributed by atoms with Crippen molar-refractivity contribution in [2.45, 2.75) is 44.6 Å². The topological polar surface area (TPSA) is 49.4 Å². The molecular weight excluding hydrogens is 343 g/mol. The fraction of sp³-hybridized carbons (Fsp3) is 0.364. The molecular formula is C22H23FN2O2. The van der Waals surface area contributed by atoms with Gasteiger partial charge in [0.15, 0.2) is 0 Å². The molecule has 1 saturated carbocycles. The molecule has 2 aromatic rings. The third-order valence-electron chi connectivity index (χ3n) is 5.49. The summed E-state index contributed by atoms with van der Waals surface area (Å²) in [4.78, 5) is 27.1. The number of carbonyl (C=O) groups is 2. The maximum atomic E-state index is 13.1. The van der Waals surface area contributed by atoms with E-state index in [9.17, 15) is 14.0 Å². The summed E-state index contributed by atoms with van der Waals surface area (Å²) in [6.07, 6.45) is 6.14. The summed E-state index contributed by atoms with van der Waals surface area (Å²) in [7, 11) is 0. The summed E-state index contributed by atoms with van der Waals surface area (Å²) in [6.45, 7) is 0.622. The van der Waals surface area contributed by atoms with Crippen LogP contribution >= 0.6 is 0 Å². The van der Waals surface area contributed by atoms with Gasteiger partial charge in [-0.15, -0.1) is 0 Å². The van der Waals surface area contributed by atoms with E-state index in [0.29, 0.717) is 17.7 Å². The molecule has 4 rings (SSSR count). The van der Waals surface area contributed by atoms with E-state index in [1.807, 2.05) is 12.1 Å². The summed E-state index contributed by atoms with van der Waals surface area (Å²) >= 11 is 0. The smallest absolute Gasteiger partial charge is 0.258 e. The molecule has 140 valence electrons. The number of anilines is 1. The van der Waals surface area contributed by atoms with Crippen LogP contribution in [-0.2, 0) is 6.42 Å². The molecule has 27 heavy (non-hydrogen) atoms. The number of benzene rings is 2. The number of carbonyl (C=O) groups excluding carboxylic acids is 2. The van der Waals surface area contributed by atoms with Gasteiger partial charge in [0, 0.05) is 29.4 Å². The molecule has 0 bridgehead atoms. The fourth-order valence-corrected chi connectivity index (χ4v) is 4.04. The second-order valence-corrected chi connectivity index (χ2v) is 7.37. The van der Waals surface area contributed by atoms with Crippen LogP contribution in [0.3, 0.4) is 0 Å². The highest BCUT2D eigenvalue weighted by molar-refractivity contribution is 6.07. The van der Waals surface area contributed by atoms with Crippen molar-refractivity contribution in [3.63, 3.8) is 0 Å². The van der Waals surface area contributed by atoms with E-state index in [-0.39, 0.29) is 23.7 Å². The van der Waals surface area contributed by atoms with E-state index in [0.717, 1.165) is 36.9 Å². The molecule has 1 N–H and O–H groups in total. The van der Waals surface area contributed by atoms with Crippen molar-refractivity contribution < 1.29 is 14.0 Å². The van der Waals surface area contributed by atoms with E-state index >= 15 is 0 Å². The molecule has 2 aromatic carbocycles. The number of nitrogens with zero attached hydrogens (tertiary/aromatic N) is 1. The van der Waals surface area contributed by atoms with Crippen molar-refractivity contribution >= 4 is 17.5 Å². The maximum absolute atomic E-state index is 13.1. The first-order valence-corrected chi connectivity index (χ1v) is 9.63. The lowest BCUT2D eigenvalue weighted by molar-refractivity contribution is 0.0937. The van der Waals surface area contributed by atoms with Crippen LogP contribution in [0.5, 0.6) is 0 Å². The van der Waals surface area contributed by atoms with Gasteiger partial charge >= 0.3 is 0 Å². The van der Waals surface area contributed by atoms with Crippen molar-refractivity contribution in [3.05, 3.63) is 65.0 Å². The summed E-state index contributed by atoms with van der Waals surface area (Å²) in [5.74, 6) is -0.533. The number of amides is 2. The predicted molar refractivity (Wildman–Crippen MR) is 103 cm³/mol. The zero-order valence-corrected chi connectivity index (χ0v) is 15.2. The molecule has 0 atom stereocenters. The van der Waals surface area contributed by atoms with Crippen LogP contribution in [0, 0.1) is 5.82 Å². The molecule has 0 spiro atoms. The van der Waals surface area contributed by atoms with Gasteiger partial charge in [-0.2, -0.15) is 0 Å². The molecule has 2 aliphatic rings. The van der Waals surface area contributed by atoms with Crippen molar-refractivity contribution in [2.75, 3.05) is 11.4 Å². The monoisotopic (exact) mass is 366 g/mol. The van der Waals surface area contributed by atoms with E-state index in [2.05, 4.69) is 5.32 Å². The summed E-state index contributed by atoms with van der Waals surface area (Å²) in [5, 5.41) is 3.11. The minimum Gasteiger partial charge on any atom is -0.349 e. The Balaban J connectivity index is 1.55. The summed E-state index contributed by atoms with van der Waals surface area (Å²) < 4.78 is 13.1. The number of aryl methyl sites for hydroxylation is 1. The SMILES string of the molecule is O=C(NC1CCCC1)c1ccc2c(c1)CCCN2C(=O)c1ccc(F)cc1. The highest BCUT2D eigenvalue weighted by atomic mass is 19.1. The van der Waals surface area contributed by atoms with Gasteiger partial charge in [-0.05, 0) is 73.7 Å². The molecule has 0 radical (unpaired) electrons. The third kappa shape index (κ3) is 3.72. The Kier molecular flexibility index (Phi) is 4.92. The maximum Gasteiger partial charge on any atom is 0.258 e. The highest BCUT2D eigenvalue weighted by Crippen LogP contribution is 2.30. The van der Waals surface area contributed by atoms with Gasteiger partial charge in [0.1, 0.15) is 5.82 Å². The Bertz CT molecular complexity index is 857. The van der Waals surface area contributed by atoms with Gasteiger partial charge in [0.05, 0.1) is 0 Å². The lowest BCUT2D eigenvalue weighted by Crippen LogP contribution is -2.36. The van der Waals surface area contributed by atoms with Gasteiger partial charge in [-0.3, -0.25) is 9.59 Å². The molecule has 2 amide bonds. The largest absolute Gasteiger partial charge is 0.349 e. The molecule has 0 saturated heterocycles. The third-order valence-corrected chi connectivity index (χ3v) is 5.49. The Labute approximate surface area is 158 Å². The van der Waals surface area contributed by atoms with E-state index < -0.39 is 0 Å². The summed E-state index contributed by atoms with van der Waals surface area (Å²) in [6, 6.07) is 11.5. The van der Waals surface area contributed by atoms with Crippen LogP contribution in [0.2, 0.25) is 0 Å². The van der Waals surface area contributed by atoms with Crippen molar-refractivity contribution in [1.82, 2.24) is 5.32 Å². The number of nitrogens with one attached hydrogen (secondary N) is 1. The average Bonchev–Trinajstić information content (AvgIpc) is 3.20. The van der Waals surface area contributed by atoms with Gasteiger partial charge in [-0.25, -0.2) is 4.39 Å². The highest BCUT2D eigenvalue weighted by Gasteiger charge is 2.25. The second kappa shape index (κ2) is 7.51. The van der Waals surface area contributed by atoms with Gasteiger partial charge in [0.2, 0.25) is 0 Å². The average molecular weight is 366 g/mol. The van der Waals surface area contributed by atoms with Crippen LogP contribution in [-0.4, -0.2) is 24.4 Å². The Hall–Kier alpha value is -2.69. The molecule has 0 unspecified atom stereocenters. The first-order chi connectivity index (χ1) is 13.1. The molecule has 1 aliphatic carbocycles. The summed E-state index contributed by atoms with van der Waals surface area (Å²) in [5.41, 5.74) is 2.97. The Morgan fingerprint density at radius 2 is 1.67 bits per heavy atom. The lowest BCUT2D eigenvalue weighted by Gasteiger charge is -2.30. The normalized spacial score (nSPS) is 16.9. The minimum atomic E-state index is -0.358. The van der Waals surface area contributed by atoms with Crippen LogP contribution in [0.15, 0.2) is 42.5 Å². The first-order valence-electron chi connectivity index (χ1n) is 9.63. The Morgan fingerprint density at radius 1 is 0.963 bits per heavy atom. The molecule has 1 aliphatic heterocycles. The van der Waals surface area contributed by atoms with Gasteiger partial charge in [-0.1, -0.05) is 12.8 Å². The van der Waals surface area contributed by atoms with Crippen LogP contribution in [0.1, 0.15) is 58.4 Å². The molecule has 4 nitrogen and oxygen atoms in total. The first kappa shape index (κ1) is 17.7. The molecule has 5 heteroatoms. The molecule has 0 aromatic heterocycles. The predicted octanol–water partition coefficient (Wildman–Crippen LogP) is 4.09. The fourth-order valence-electron chi connectivity index (χ4n) is 4.04. The van der Waals surface area contributed by atoms with Crippen LogP contribution in [0.4, 0.5) is 10.1 Å². The second-order valence-electron chi connectivity index (χ2n) is 7.37. The zero-order valence-electron chi connectivity index (χ0n) is 15.2. The van der Waals surface area contributed by atoms with Gasteiger partial charge in [0.25, 0.3) is 11.8 Å².